The molecule has 0 amide bonds. The molecule has 0 saturated heterocycles. The number of thioether (sulfide) groups is 1. The number of hydrogen-bond donors (Lipinski definition) is 2. The minimum atomic E-state index is -1.12. The largest absolute Gasteiger partial charge is 0.456 e. The number of aliphatic hydroxyl groups excluding tert-OH is 2. The molecule has 6 heteroatoms. The third-order valence-corrected chi connectivity index (χ3v) is 3.79. The molecular weight excluding hydrogens is 316 g/mol. The van der Waals surface area contributed by atoms with Gasteiger partial charge in [0.2, 0.25) is 0 Å². The van der Waals surface area contributed by atoms with Crippen LogP contribution in [0.2, 0.25) is 0 Å². The second kappa shape index (κ2) is 8.47. The number of rotatable bonds is 6. The number of ether oxygens (including phenoxy) is 1. The van der Waals surface area contributed by atoms with Crippen molar-refractivity contribution in [3.8, 4) is 0 Å². The maximum atomic E-state index is 12.0. The zero-order valence-electron chi connectivity index (χ0n) is 13.9. The second-order valence-electron chi connectivity index (χ2n) is 6.27. The molecule has 1 rings (SSSR count). The van der Waals surface area contributed by atoms with E-state index < -0.39 is 23.8 Å². The minimum Gasteiger partial charge on any atom is -0.456 e. The molecule has 0 radical (unpaired) electrons. The van der Waals surface area contributed by atoms with Crippen molar-refractivity contribution in [1.29, 1.82) is 0 Å². The zero-order chi connectivity index (χ0) is 17.6. The van der Waals surface area contributed by atoms with Crippen LogP contribution in [-0.4, -0.2) is 38.8 Å². The summed E-state index contributed by atoms with van der Waals surface area (Å²) in [4.78, 5) is 22.9. The first-order valence-corrected chi connectivity index (χ1v) is 8.41. The fourth-order valence-corrected chi connectivity index (χ4v) is 2.54. The van der Waals surface area contributed by atoms with Crippen LogP contribution in [-0.2, 0) is 9.53 Å². The van der Waals surface area contributed by atoms with Crippen LogP contribution in [0.25, 0.3) is 0 Å². The first-order chi connectivity index (χ1) is 10.6. The van der Waals surface area contributed by atoms with Crippen LogP contribution >= 0.6 is 11.8 Å². The lowest BCUT2D eigenvalue weighted by molar-refractivity contribution is -0.109. The van der Waals surface area contributed by atoms with Crippen molar-refractivity contribution in [2.45, 2.75) is 51.9 Å². The molecule has 2 atom stereocenters. The van der Waals surface area contributed by atoms with E-state index in [1.54, 1.807) is 39.0 Å². The number of carbonyl (C=O) groups is 2. The predicted molar refractivity (Wildman–Crippen MR) is 90.3 cm³/mol. The van der Waals surface area contributed by atoms with E-state index in [-0.39, 0.29) is 11.5 Å². The van der Waals surface area contributed by atoms with Gasteiger partial charge in [-0.2, -0.15) is 0 Å². The zero-order valence-corrected chi connectivity index (χ0v) is 14.7. The van der Waals surface area contributed by atoms with E-state index in [4.69, 9.17) is 4.74 Å². The third-order valence-electron chi connectivity index (χ3n) is 2.95. The summed E-state index contributed by atoms with van der Waals surface area (Å²) in [6, 6.07) is 6.39. The van der Waals surface area contributed by atoms with E-state index in [1.807, 2.05) is 0 Å². The van der Waals surface area contributed by atoms with E-state index in [9.17, 15) is 19.8 Å². The summed E-state index contributed by atoms with van der Waals surface area (Å²) >= 11 is 1.10. The molecular formula is C17H24O5S. The molecule has 2 unspecified atom stereocenters. The van der Waals surface area contributed by atoms with Gasteiger partial charge in [-0.15, -0.1) is 0 Å². The molecule has 0 heterocycles. The van der Waals surface area contributed by atoms with Crippen molar-refractivity contribution in [3.05, 3.63) is 35.4 Å². The number of aliphatic hydroxyl groups is 2. The molecule has 128 valence electrons. The smallest absolute Gasteiger partial charge is 0.338 e. The summed E-state index contributed by atoms with van der Waals surface area (Å²) < 4.78 is 5.29. The van der Waals surface area contributed by atoms with E-state index >= 15 is 0 Å². The van der Waals surface area contributed by atoms with Gasteiger partial charge in [-0.1, -0.05) is 23.9 Å². The summed E-state index contributed by atoms with van der Waals surface area (Å²) in [5, 5.41) is 20.2. The van der Waals surface area contributed by atoms with Crippen LogP contribution in [0.15, 0.2) is 24.3 Å². The summed E-state index contributed by atoms with van der Waals surface area (Å²) in [7, 11) is 0. The van der Waals surface area contributed by atoms with Crippen LogP contribution in [0.3, 0.4) is 0 Å². The lowest BCUT2D eigenvalue weighted by atomic mass is 10.0. The fraction of sp³-hybridized carbons (Fsp3) is 0.529. The average Bonchev–Trinajstić information content (AvgIpc) is 2.44. The molecule has 0 aliphatic heterocycles. The van der Waals surface area contributed by atoms with Gasteiger partial charge in [-0.25, -0.2) is 4.79 Å². The van der Waals surface area contributed by atoms with Gasteiger partial charge in [0.15, 0.2) is 5.12 Å². The summed E-state index contributed by atoms with van der Waals surface area (Å²) in [5.41, 5.74) is 0.158. The van der Waals surface area contributed by atoms with E-state index in [0.29, 0.717) is 16.9 Å². The van der Waals surface area contributed by atoms with Gasteiger partial charge in [-0.3, -0.25) is 4.79 Å². The van der Waals surface area contributed by atoms with E-state index in [2.05, 4.69) is 0 Å². The third kappa shape index (κ3) is 7.16. The van der Waals surface area contributed by atoms with Crippen molar-refractivity contribution >= 4 is 22.8 Å². The lowest BCUT2D eigenvalue weighted by Crippen LogP contribution is -2.24. The van der Waals surface area contributed by atoms with Gasteiger partial charge in [0, 0.05) is 12.7 Å². The molecule has 0 fully saturated rings. The lowest BCUT2D eigenvalue weighted by Gasteiger charge is -2.21. The fourth-order valence-electron chi connectivity index (χ4n) is 1.89. The van der Waals surface area contributed by atoms with Crippen molar-refractivity contribution in [2.75, 3.05) is 5.75 Å². The Balaban J connectivity index is 2.75. The van der Waals surface area contributed by atoms with Gasteiger partial charge in [0.25, 0.3) is 0 Å². The Morgan fingerprint density at radius 3 is 2.48 bits per heavy atom. The van der Waals surface area contributed by atoms with Crippen LogP contribution in [0.5, 0.6) is 0 Å². The molecule has 0 bridgehead atoms. The minimum absolute atomic E-state index is 0.0291. The van der Waals surface area contributed by atoms with Gasteiger partial charge >= 0.3 is 5.97 Å². The molecule has 0 aliphatic carbocycles. The topological polar surface area (TPSA) is 83.8 Å². The molecule has 23 heavy (non-hydrogen) atoms. The summed E-state index contributed by atoms with van der Waals surface area (Å²) in [6.07, 6.45) is -1.84. The van der Waals surface area contributed by atoms with Crippen LogP contribution in [0.4, 0.5) is 0 Å². The molecule has 0 aliphatic rings. The van der Waals surface area contributed by atoms with Crippen LogP contribution in [0, 0.1) is 0 Å². The second-order valence-corrected chi connectivity index (χ2v) is 7.54. The molecule has 0 spiro atoms. The maximum absolute atomic E-state index is 12.0. The standard InChI is InChI=1S/C17H24O5S/c1-11(18)23-9-8-14(19)15(20)12-6-5-7-13(10-12)16(21)22-17(2,3)4/h5-7,10,14-15,19-20H,8-9H2,1-4H3. The Morgan fingerprint density at radius 1 is 1.26 bits per heavy atom. The predicted octanol–water partition coefficient (Wildman–Crippen LogP) is 2.71. The van der Waals surface area contributed by atoms with Crippen LogP contribution < -0.4 is 0 Å². The van der Waals surface area contributed by atoms with Gasteiger partial charge in [0.1, 0.15) is 11.7 Å². The highest BCUT2D eigenvalue weighted by atomic mass is 32.2. The molecule has 0 saturated carbocycles. The Hall–Kier alpha value is -1.37. The highest BCUT2D eigenvalue weighted by Crippen LogP contribution is 2.22. The highest BCUT2D eigenvalue weighted by molar-refractivity contribution is 8.13. The molecule has 1 aromatic carbocycles. The molecule has 5 nitrogen and oxygen atoms in total. The molecule has 0 aromatic heterocycles. The number of esters is 1. The molecule has 2 N–H and O–H groups in total. The average molecular weight is 340 g/mol. The monoisotopic (exact) mass is 340 g/mol. The van der Waals surface area contributed by atoms with Crippen molar-refractivity contribution < 1.29 is 24.5 Å². The normalized spacial score (nSPS) is 14.2. The number of carbonyl (C=O) groups excluding carboxylic acids is 2. The number of hydrogen-bond acceptors (Lipinski definition) is 6. The Morgan fingerprint density at radius 2 is 1.91 bits per heavy atom. The van der Waals surface area contributed by atoms with Crippen LogP contribution in [0.1, 0.15) is 56.1 Å². The Labute approximate surface area is 141 Å². The van der Waals surface area contributed by atoms with Crippen molar-refractivity contribution in [2.24, 2.45) is 0 Å². The Kier molecular flexibility index (Phi) is 7.25. The molecule has 1 aromatic rings. The van der Waals surface area contributed by atoms with Crippen molar-refractivity contribution in [1.82, 2.24) is 0 Å². The summed E-state index contributed by atoms with van der Waals surface area (Å²) in [6.45, 7) is 6.79. The van der Waals surface area contributed by atoms with Gasteiger partial charge < -0.3 is 14.9 Å². The maximum Gasteiger partial charge on any atom is 0.338 e. The SMILES string of the molecule is CC(=O)SCCC(O)C(O)c1cccc(C(=O)OC(C)(C)C)c1. The number of benzene rings is 1. The quantitative estimate of drug-likeness (QED) is 0.775. The first-order valence-electron chi connectivity index (χ1n) is 7.43. The van der Waals surface area contributed by atoms with E-state index in [1.165, 1.54) is 13.0 Å². The van der Waals surface area contributed by atoms with E-state index in [0.717, 1.165) is 11.8 Å². The van der Waals surface area contributed by atoms with Crippen molar-refractivity contribution in [3.63, 3.8) is 0 Å². The first kappa shape index (κ1) is 19.7. The van der Waals surface area contributed by atoms with Gasteiger partial charge in [-0.05, 0) is 44.9 Å². The Bertz CT molecular complexity index is 550. The summed E-state index contributed by atoms with van der Waals surface area (Å²) in [5.74, 6) is -0.0487. The van der Waals surface area contributed by atoms with Gasteiger partial charge in [0.05, 0.1) is 11.7 Å². The highest BCUT2D eigenvalue weighted by Gasteiger charge is 2.22.